The van der Waals surface area contributed by atoms with Crippen molar-refractivity contribution in [1.82, 2.24) is 0 Å². The molecule has 2 aromatic carbocycles. The van der Waals surface area contributed by atoms with Gasteiger partial charge in [-0.25, -0.2) is 4.79 Å². The van der Waals surface area contributed by atoms with Crippen molar-refractivity contribution in [3.05, 3.63) is 57.5 Å². The summed E-state index contributed by atoms with van der Waals surface area (Å²) in [5.74, 6) is 0.391. The number of halogens is 3. The molecule has 0 heterocycles. The Morgan fingerprint density at radius 1 is 0.947 bits per heavy atom. The minimum Gasteiger partial charge on any atom is -0.410 e. The van der Waals surface area contributed by atoms with Crippen LogP contribution >= 0.6 is 34.8 Å². The van der Waals surface area contributed by atoms with Crippen LogP contribution in [0.5, 0.6) is 5.75 Å². The van der Waals surface area contributed by atoms with Gasteiger partial charge in [-0.2, -0.15) is 0 Å². The molecule has 0 atom stereocenters. The predicted octanol–water partition coefficient (Wildman–Crippen LogP) is 5.26. The van der Waals surface area contributed by atoms with Crippen molar-refractivity contribution in [1.29, 1.82) is 0 Å². The minimum atomic E-state index is -0.624. The number of carbonyl (C=O) groups excluding carboxylic acids is 1. The van der Waals surface area contributed by atoms with Gasteiger partial charge < -0.3 is 4.74 Å². The van der Waals surface area contributed by atoms with Crippen LogP contribution in [-0.4, -0.2) is 6.09 Å². The van der Waals surface area contributed by atoms with E-state index in [-0.39, 0.29) is 0 Å². The minimum absolute atomic E-state index is 0.353. The molecule has 98 valence electrons. The Morgan fingerprint density at radius 2 is 1.63 bits per heavy atom. The van der Waals surface area contributed by atoms with Crippen LogP contribution in [0.15, 0.2) is 42.5 Å². The first-order valence-electron chi connectivity index (χ1n) is 5.24. The molecule has 0 saturated heterocycles. The van der Waals surface area contributed by atoms with Crippen molar-refractivity contribution in [3.8, 4) is 5.75 Å². The summed E-state index contributed by atoms with van der Waals surface area (Å²) < 4.78 is 5.06. The van der Waals surface area contributed by atoms with Crippen molar-refractivity contribution in [3.63, 3.8) is 0 Å². The van der Waals surface area contributed by atoms with Crippen LogP contribution in [0.3, 0.4) is 0 Å². The molecule has 1 N–H and O–H groups in total. The molecule has 0 aliphatic carbocycles. The monoisotopic (exact) mass is 315 g/mol. The molecule has 2 aromatic rings. The maximum atomic E-state index is 11.6. The van der Waals surface area contributed by atoms with Crippen molar-refractivity contribution >= 4 is 46.6 Å². The fourth-order valence-corrected chi connectivity index (χ4v) is 1.75. The van der Waals surface area contributed by atoms with E-state index in [4.69, 9.17) is 39.5 Å². The van der Waals surface area contributed by atoms with Gasteiger partial charge >= 0.3 is 6.09 Å². The lowest BCUT2D eigenvalue weighted by molar-refractivity contribution is 0.215. The van der Waals surface area contributed by atoms with Gasteiger partial charge in [-0.15, -0.1) is 0 Å². The zero-order valence-electron chi connectivity index (χ0n) is 9.49. The molecule has 3 nitrogen and oxygen atoms in total. The Hall–Kier alpha value is -1.42. The number of benzene rings is 2. The van der Waals surface area contributed by atoms with Crippen LogP contribution in [0.2, 0.25) is 15.1 Å². The normalized spacial score (nSPS) is 10.1. The largest absolute Gasteiger partial charge is 0.417 e. The average Bonchev–Trinajstić information content (AvgIpc) is 2.37. The number of carbonyl (C=O) groups is 1. The van der Waals surface area contributed by atoms with Gasteiger partial charge in [-0.3, -0.25) is 5.32 Å². The van der Waals surface area contributed by atoms with E-state index in [2.05, 4.69) is 5.32 Å². The molecule has 0 aliphatic heterocycles. The van der Waals surface area contributed by atoms with Crippen LogP contribution in [0, 0.1) is 0 Å². The Kier molecular flexibility index (Phi) is 4.53. The first-order valence-corrected chi connectivity index (χ1v) is 6.37. The first-order chi connectivity index (χ1) is 9.04. The summed E-state index contributed by atoms with van der Waals surface area (Å²) in [4.78, 5) is 11.6. The van der Waals surface area contributed by atoms with Gasteiger partial charge in [0.1, 0.15) is 5.75 Å². The van der Waals surface area contributed by atoms with Gasteiger partial charge in [0.25, 0.3) is 0 Å². The number of hydrogen-bond donors (Lipinski definition) is 1. The van der Waals surface area contributed by atoms with Crippen molar-refractivity contribution < 1.29 is 9.53 Å². The smallest absolute Gasteiger partial charge is 0.410 e. The first kappa shape index (κ1) is 14.0. The Labute approximate surface area is 125 Å². The lowest BCUT2D eigenvalue weighted by Crippen LogP contribution is -2.16. The van der Waals surface area contributed by atoms with E-state index in [0.717, 1.165) is 0 Å². The van der Waals surface area contributed by atoms with Crippen LogP contribution in [-0.2, 0) is 0 Å². The highest BCUT2D eigenvalue weighted by Crippen LogP contribution is 2.25. The van der Waals surface area contributed by atoms with E-state index in [1.54, 1.807) is 36.4 Å². The quantitative estimate of drug-likeness (QED) is 0.821. The Bertz CT molecular complexity index is 599. The molecule has 0 radical (unpaired) electrons. The maximum absolute atomic E-state index is 11.6. The second-order valence-electron chi connectivity index (χ2n) is 3.60. The highest BCUT2D eigenvalue weighted by atomic mass is 35.5. The lowest BCUT2D eigenvalue weighted by Gasteiger charge is -2.07. The molecule has 0 aromatic heterocycles. The zero-order valence-corrected chi connectivity index (χ0v) is 11.8. The number of anilines is 1. The van der Waals surface area contributed by atoms with Gasteiger partial charge in [-0.1, -0.05) is 34.8 Å². The van der Waals surface area contributed by atoms with Gasteiger partial charge in [0.05, 0.1) is 10.0 Å². The molecule has 0 unspecified atom stereocenters. The predicted molar refractivity (Wildman–Crippen MR) is 77.6 cm³/mol. The topological polar surface area (TPSA) is 38.3 Å². The summed E-state index contributed by atoms with van der Waals surface area (Å²) in [7, 11) is 0. The molecule has 2 rings (SSSR count). The number of nitrogens with one attached hydrogen (secondary N) is 1. The van der Waals surface area contributed by atoms with E-state index in [1.165, 1.54) is 6.07 Å². The third-order valence-electron chi connectivity index (χ3n) is 2.19. The fraction of sp³-hybridized carbons (Fsp3) is 0. The molecule has 6 heteroatoms. The second-order valence-corrected chi connectivity index (χ2v) is 4.85. The van der Waals surface area contributed by atoms with E-state index < -0.39 is 6.09 Å². The van der Waals surface area contributed by atoms with E-state index >= 15 is 0 Å². The number of ether oxygens (including phenoxy) is 1. The Morgan fingerprint density at radius 3 is 2.26 bits per heavy atom. The number of rotatable bonds is 2. The summed E-state index contributed by atoms with van der Waals surface area (Å²) >= 11 is 17.3. The lowest BCUT2D eigenvalue weighted by atomic mass is 10.3. The highest BCUT2D eigenvalue weighted by Gasteiger charge is 2.06. The molecule has 1 amide bonds. The summed E-state index contributed by atoms with van der Waals surface area (Å²) in [6, 6.07) is 11.2. The molecular weight excluding hydrogens is 309 g/mol. The standard InChI is InChI=1S/C13H8Cl3NO2/c14-8-1-4-10(5-2-8)19-13(18)17-9-3-6-11(15)12(16)7-9/h1-7H,(H,17,18). The summed E-state index contributed by atoms with van der Waals surface area (Å²) in [6.45, 7) is 0. The van der Waals surface area contributed by atoms with Crippen LogP contribution in [0.1, 0.15) is 0 Å². The molecular formula is C13H8Cl3NO2. The number of amides is 1. The fourth-order valence-electron chi connectivity index (χ4n) is 1.33. The molecule has 0 bridgehead atoms. The molecule has 0 aliphatic rings. The van der Waals surface area contributed by atoms with Crippen LogP contribution in [0.4, 0.5) is 10.5 Å². The van der Waals surface area contributed by atoms with Crippen molar-refractivity contribution in [2.75, 3.05) is 5.32 Å². The van der Waals surface area contributed by atoms with Gasteiger partial charge in [0, 0.05) is 10.7 Å². The van der Waals surface area contributed by atoms with Crippen molar-refractivity contribution in [2.45, 2.75) is 0 Å². The van der Waals surface area contributed by atoms with E-state index in [1.807, 2.05) is 0 Å². The second kappa shape index (κ2) is 6.15. The summed E-state index contributed by atoms with van der Waals surface area (Å²) in [5.41, 5.74) is 0.494. The van der Waals surface area contributed by atoms with Crippen LogP contribution in [0.25, 0.3) is 0 Å². The maximum Gasteiger partial charge on any atom is 0.417 e. The Balaban J connectivity index is 2.01. The third kappa shape index (κ3) is 4.03. The summed E-state index contributed by atoms with van der Waals surface area (Å²) in [5, 5.41) is 3.87. The highest BCUT2D eigenvalue weighted by molar-refractivity contribution is 6.42. The van der Waals surface area contributed by atoms with Gasteiger partial charge in [-0.05, 0) is 42.5 Å². The zero-order chi connectivity index (χ0) is 13.8. The van der Waals surface area contributed by atoms with Gasteiger partial charge in [0.2, 0.25) is 0 Å². The molecule has 19 heavy (non-hydrogen) atoms. The van der Waals surface area contributed by atoms with Gasteiger partial charge in [0.15, 0.2) is 0 Å². The van der Waals surface area contributed by atoms with E-state index in [9.17, 15) is 4.79 Å². The van der Waals surface area contributed by atoms with Crippen molar-refractivity contribution in [2.24, 2.45) is 0 Å². The number of hydrogen-bond acceptors (Lipinski definition) is 2. The average molecular weight is 317 g/mol. The summed E-state index contributed by atoms with van der Waals surface area (Å²) in [6.07, 6.45) is -0.624. The van der Waals surface area contributed by atoms with Crippen LogP contribution < -0.4 is 10.1 Å². The molecule has 0 spiro atoms. The molecule has 0 fully saturated rings. The molecule has 0 saturated carbocycles. The van der Waals surface area contributed by atoms with E-state index in [0.29, 0.717) is 26.5 Å². The SMILES string of the molecule is O=C(Nc1ccc(Cl)c(Cl)c1)Oc1ccc(Cl)cc1. The third-order valence-corrected chi connectivity index (χ3v) is 3.18.